The van der Waals surface area contributed by atoms with Gasteiger partial charge in [-0.2, -0.15) is 0 Å². The standard InChI is InChI=1S/C20H26O4/c1-11-4-17(12(2)23-11)19(22)24-13(3)18(21)20-8-14-5-15(9-20)7-16(6-14)10-20/h4,13-16H,5-10H2,1-3H3/t13-,14?,15?,16?,20?/m0/s1. The van der Waals surface area contributed by atoms with Gasteiger partial charge in [0.15, 0.2) is 11.9 Å². The molecule has 4 saturated carbocycles. The molecular weight excluding hydrogens is 304 g/mol. The Hall–Kier alpha value is -1.58. The highest BCUT2D eigenvalue weighted by molar-refractivity contribution is 5.95. The number of hydrogen-bond donors (Lipinski definition) is 0. The van der Waals surface area contributed by atoms with E-state index in [0.29, 0.717) is 34.8 Å². The second kappa shape index (κ2) is 5.47. The number of ether oxygens (including phenoxy) is 1. The largest absolute Gasteiger partial charge is 0.466 e. The fraction of sp³-hybridized carbons (Fsp3) is 0.700. The molecule has 1 aromatic heterocycles. The van der Waals surface area contributed by atoms with E-state index in [1.54, 1.807) is 26.8 Å². The molecule has 4 aliphatic rings. The van der Waals surface area contributed by atoms with E-state index in [4.69, 9.17) is 9.15 Å². The van der Waals surface area contributed by atoms with E-state index in [0.717, 1.165) is 19.3 Å². The monoisotopic (exact) mass is 330 g/mol. The lowest BCUT2D eigenvalue weighted by Crippen LogP contribution is -2.52. The summed E-state index contributed by atoms with van der Waals surface area (Å²) < 4.78 is 10.9. The zero-order chi connectivity index (χ0) is 17.1. The van der Waals surface area contributed by atoms with Crippen LogP contribution >= 0.6 is 0 Å². The molecule has 0 aliphatic heterocycles. The molecule has 4 fully saturated rings. The van der Waals surface area contributed by atoms with E-state index in [1.807, 2.05) is 0 Å². The summed E-state index contributed by atoms with van der Waals surface area (Å²) >= 11 is 0. The Kier molecular flexibility index (Phi) is 3.63. The Balaban J connectivity index is 1.48. The molecule has 4 nitrogen and oxygen atoms in total. The van der Waals surface area contributed by atoms with Gasteiger partial charge in [0.2, 0.25) is 0 Å². The second-order valence-corrected chi connectivity index (χ2v) is 8.44. The Morgan fingerprint density at radius 2 is 1.67 bits per heavy atom. The van der Waals surface area contributed by atoms with Crippen molar-refractivity contribution < 1.29 is 18.7 Å². The zero-order valence-electron chi connectivity index (χ0n) is 14.8. The molecule has 0 amide bonds. The summed E-state index contributed by atoms with van der Waals surface area (Å²) in [5, 5.41) is 0. The van der Waals surface area contributed by atoms with Gasteiger partial charge >= 0.3 is 5.97 Å². The summed E-state index contributed by atoms with van der Waals surface area (Å²) in [6.07, 6.45) is 6.23. The van der Waals surface area contributed by atoms with Gasteiger partial charge in [-0.1, -0.05) is 0 Å². The van der Waals surface area contributed by atoms with Gasteiger partial charge in [0, 0.05) is 5.41 Å². The van der Waals surface area contributed by atoms with Crippen LogP contribution in [0.2, 0.25) is 0 Å². The highest BCUT2D eigenvalue weighted by Crippen LogP contribution is 2.60. The summed E-state index contributed by atoms with van der Waals surface area (Å²) in [6, 6.07) is 1.68. The van der Waals surface area contributed by atoms with E-state index >= 15 is 0 Å². The Labute approximate surface area is 142 Å². The van der Waals surface area contributed by atoms with Crippen molar-refractivity contribution >= 4 is 11.8 Å². The fourth-order valence-corrected chi connectivity index (χ4v) is 5.95. The van der Waals surface area contributed by atoms with Gasteiger partial charge in [0.05, 0.1) is 0 Å². The molecular formula is C20H26O4. The molecule has 130 valence electrons. The predicted octanol–water partition coefficient (Wildman–Crippen LogP) is 4.23. The van der Waals surface area contributed by atoms with Crippen LogP contribution in [0.15, 0.2) is 10.5 Å². The van der Waals surface area contributed by atoms with Crippen molar-refractivity contribution in [3.63, 3.8) is 0 Å². The van der Waals surface area contributed by atoms with Gasteiger partial charge in [-0.15, -0.1) is 0 Å². The lowest BCUT2D eigenvalue weighted by atomic mass is 9.48. The number of esters is 1. The number of hydrogen-bond acceptors (Lipinski definition) is 4. The van der Waals surface area contributed by atoms with Crippen LogP contribution in [0, 0.1) is 37.0 Å². The SMILES string of the molecule is Cc1cc(C(=O)O[C@@H](C)C(=O)C23CC4CC(CC(C4)C2)C3)c(C)o1. The van der Waals surface area contributed by atoms with E-state index < -0.39 is 12.1 Å². The van der Waals surface area contributed by atoms with Crippen LogP contribution in [0.3, 0.4) is 0 Å². The Morgan fingerprint density at radius 1 is 1.12 bits per heavy atom. The Morgan fingerprint density at radius 3 is 2.12 bits per heavy atom. The summed E-state index contributed by atoms with van der Waals surface area (Å²) in [4.78, 5) is 25.5. The van der Waals surface area contributed by atoms with Crippen LogP contribution in [0.4, 0.5) is 0 Å². The summed E-state index contributed by atoms with van der Waals surface area (Å²) in [7, 11) is 0. The smallest absolute Gasteiger partial charge is 0.342 e. The number of ketones is 1. The molecule has 4 bridgehead atoms. The first kappa shape index (κ1) is 15.9. The van der Waals surface area contributed by atoms with Crippen LogP contribution < -0.4 is 0 Å². The minimum atomic E-state index is -0.677. The third-order valence-corrected chi connectivity index (χ3v) is 6.47. The molecule has 1 aromatic rings. The number of Topliss-reactive ketones (excluding diaryl/α,β-unsaturated/α-hetero) is 1. The number of rotatable bonds is 4. The average molecular weight is 330 g/mol. The van der Waals surface area contributed by atoms with Gasteiger partial charge in [-0.3, -0.25) is 4.79 Å². The van der Waals surface area contributed by atoms with Crippen LogP contribution in [0.5, 0.6) is 0 Å². The first-order chi connectivity index (χ1) is 11.4. The third kappa shape index (κ3) is 2.51. The first-order valence-electron chi connectivity index (χ1n) is 9.18. The van der Waals surface area contributed by atoms with Crippen LogP contribution in [0.1, 0.15) is 67.3 Å². The third-order valence-electron chi connectivity index (χ3n) is 6.47. The normalized spacial score (nSPS) is 35.0. The molecule has 0 spiro atoms. The lowest BCUT2D eigenvalue weighted by Gasteiger charge is -2.56. The minimum Gasteiger partial charge on any atom is -0.466 e. The maximum atomic E-state index is 13.2. The molecule has 0 unspecified atom stereocenters. The van der Waals surface area contributed by atoms with Gasteiger partial charge in [0.25, 0.3) is 0 Å². The summed E-state index contributed by atoms with van der Waals surface area (Å²) in [5.41, 5.74) is 0.202. The van der Waals surface area contributed by atoms with Crippen LogP contribution in [-0.2, 0) is 9.53 Å². The molecule has 0 N–H and O–H groups in total. The molecule has 4 aliphatic carbocycles. The van der Waals surface area contributed by atoms with Crippen LogP contribution in [0.25, 0.3) is 0 Å². The van der Waals surface area contributed by atoms with Crippen molar-refractivity contribution in [2.45, 2.75) is 65.4 Å². The number of carbonyl (C=O) groups is 2. The zero-order valence-corrected chi connectivity index (χ0v) is 14.8. The van der Waals surface area contributed by atoms with Gasteiger partial charge < -0.3 is 9.15 Å². The van der Waals surface area contributed by atoms with E-state index in [9.17, 15) is 9.59 Å². The van der Waals surface area contributed by atoms with Crippen molar-refractivity contribution in [2.24, 2.45) is 23.2 Å². The highest BCUT2D eigenvalue weighted by atomic mass is 16.5. The average Bonchev–Trinajstić information content (AvgIpc) is 2.83. The number of furan rings is 1. The summed E-state index contributed by atoms with van der Waals surface area (Å²) in [5.74, 6) is 3.06. The van der Waals surface area contributed by atoms with Gasteiger partial charge in [-0.05, 0) is 83.1 Å². The quantitative estimate of drug-likeness (QED) is 0.775. The van der Waals surface area contributed by atoms with E-state index in [2.05, 4.69) is 0 Å². The maximum absolute atomic E-state index is 13.2. The minimum absolute atomic E-state index is 0.146. The van der Waals surface area contributed by atoms with Crippen molar-refractivity contribution in [3.8, 4) is 0 Å². The highest BCUT2D eigenvalue weighted by Gasteiger charge is 2.55. The van der Waals surface area contributed by atoms with E-state index in [-0.39, 0.29) is 11.2 Å². The van der Waals surface area contributed by atoms with Crippen molar-refractivity contribution in [1.29, 1.82) is 0 Å². The second-order valence-electron chi connectivity index (χ2n) is 8.44. The lowest BCUT2D eigenvalue weighted by molar-refractivity contribution is -0.152. The van der Waals surface area contributed by atoms with Crippen molar-refractivity contribution in [1.82, 2.24) is 0 Å². The predicted molar refractivity (Wildman–Crippen MR) is 88.7 cm³/mol. The molecule has 24 heavy (non-hydrogen) atoms. The first-order valence-corrected chi connectivity index (χ1v) is 9.18. The Bertz CT molecular complexity index is 649. The molecule has 0 saturated heterocycles. The molecule has 5 rings (SSSR count). The van der Waals surface area contributed by atoms with Gasteiger partial charge in [-0.25, -0.2) is 4.79 Å². The fourth-order valence-electron chi connectivity index (χ4n) is 5.95. The van der Waals surface area contributed by atoms with E-state index in [1.165, 1.54) is 19.3 Å². The molecule has 0 aromatic carbocycles. The molecule has 0 radical (unpaired) electrons. The maximum Gasteiger partial charge on any atom is 0.342 e. The van der Waals surface area contributed by atoms with Crippen LogP contribution in [-0.4, -0.2) is 17.9 Å². The summed E-state index contributed by atoms with van der Waals surface area (Å²) in [6.45, 7) is 5.28. The molecule has 1 heterocycles. The van der Waals surface area contributed by atoms with Crippen molar-refractivity contribution in [3.05, 3.63) is 23.2 Å². The molecule has 1 atom stereocenters. The van der Waals surface area contributed by atoms with Crippen molar-refractivity contribution in [2.75, 3.05) is 0 Å². The number of carbonyl (C=O) groups excluding carboxylic acids is 2. The van der Waals surface area contributed by atoms with Gasteiger partial charge in [0.1, 0.15) is 17.1 Å². The number of aryl methyl sites for hydroxylation is 2. The topological polar surface area (TPSA) is 56.5 Å². The molecule has 4 heteroatoms.